The highest BCUT2D eigenvalue weighted by molar-refractivity contribution is 5.78. The van der Waals surface area contributed by atoms with E-state index in [0.29, 0.717) is 6.54 Å². The maximum atomic E-state index is 11.3. The molecule has 0 saturated carbocycles. The number of hydrogen-bond donors (Lipinski definition) is 1. The van der Waals surface area contributed by atoms with E-state index in [2.05, 4.69) is 5.32 Å². The number of hydrogen-bond acceptors (Lipinski definition) is 1. The van der Waals surface area contributed by atoms with Crippen molar-refractivity contribution in [2.24, 2.45) is 0 Å². The summed E-state index contributed by atoms with van der Waals surface area (Å²) >= 11 is 0. The molecule has 4 heteroatoms. The summed E-state index contributed by atoms with van der Waals surface area (Å²) in [5.74, 6) is -0.283. The molecule has 1 heterocycles. The minimum Gasteiger partial charge on any atom is -0.337 e. The van der Waals surface area contributed by atoms with E-state index in [4.69, 9.17) is 0 Å². The molecule has 0 saturated heterocycles. The van der Waals surface area contributed by atoms with Gasteiger partial charge in [0.1, 0.15) is 0 Å². The Morgan fingerprint density at radius 1 is 1.62 bits per heavy atom. The van der Waals surface area contributed by atoms with Gasteiger partial charge in [-0.2, -0.15) is 0 Å². The fourth-order valence-corrected chi connectivity index (χ4v) is 0.990. The number of carbonyl (C=O) groups is 1. The van der Waals surface area contributed by atoms with Crippen molar-refractivity contribution >= 4 is 6.03 Å². The fraction of sp³-hybridized carbons (Fsp3) is 0.444. The maximum absolute atomic E-state index is 11.3. The van der Waals surface area contributed by atoms with Gasteiger partial charge in [0, 0.05) is 18.8 Å². The van der Waals surface area contributed by atoms with Gasteiger partial charge in [0.25, 0.3) is 5.88 Å². The first kappa shape index (κ1) is 9.64. The second-order valence-corrected chi connectivity index (χ2v) is 2.80. The molecule has 1 N–H and O–H groups in total. The molecule has 0 fully saturated rings. The molecule has 0 aliphatic heterocycles. The average molecular weight is 181 g/mol. The topological polar surface area (TPSA) is 53.9 Å². The lowest BCUT2D eigenvalue weighted by molar-refractivity contribution is 0.235. The number of nitrogens with one attached hydrogen (secondary N) is 1. The number of nitrogens with zero attached hydrogens (tertiary/aromatic N) is 1. The van der Waals surface area contributed by atoms with E-state index in [1.165, 1.54) is 12.3 Å². The summed E-state index contributed by atoms with van der Waals surface area (Å²) < 4.78 is 1.07. The molecule has 0 bridgehead atoms. The van der Waals surface area contributed by atoms with Gasteiger partial charge in [0.05, 0.1) is 0 Å². The van der Waals surface area contributed by atoms with Crippen LogP contribution in [0.2, 0.25) is 0 Å². The van der Waals surface area contributed by atoms with Crippen molar-refractivity contribution in [3.05, 3.63) is 18.3 Å². The molecule has 1 radical (unpaired) electrons. The van der Waals surface area contributed by atoms with Crippen LogP contribution in [-0.2, 0) is 5.11 Å². The van der Waals surface area contributed by atoms with Crippen molar-refractivity contribution in [2.75, 3.05) is 6.54 Å². The third-order valence-corrected chi connectivity index (χ3v) is 1.74. The van der Waals surface area contributed by atoms with Crippen LogP contribution in [0.1, 0.15) is 19.8 Å². The van der Waals surface area contributed by atoms with Gasteiger partial charge in [-0.3, -0.25) is 5.11 Å². The minimum atomic E-state index is -0.344. The van der Waals surface area contributed by atoms with Crippen LogP contribution in [0, 0.1) is 0 Å². The molecule has 0 unspecified atom stereocenters. The Morgan fingerprint density at radius 3 is 2.92 bits per heavy atom. The van der Waals surface area contributed by atoms with Crippen LogP contribution < -0.4 is 5.32 Å². The van der Waals surface area contributed by atoms with Crippen LogP contribution in [0.15, 0.2) is 18.3 Å². The van der Waals surface area contributed by atoms with Crippen LogP contribution in [0.25, 0.3) is 0 Å². The van der Waals surface area contributed by atoms with Gasteiger partial charge >= 0.3 is 6.03 Å². The Bertz CT molecular complexity index is 281. The molecule has 0 spiro atoms. The predicted octanol–water partition coefficient (Wildman–Crippen LogP) is 1.99. The van der Waals surface area contributed by atoms with Crippen molar-refractivity contribution < 1.29 is 9.90 Å². The lowest BCUT2D eigenvalue weighted by atomic mass is 10.3. The second kappa shape index (κ2) is 4.54. The van der Waals surface area contributed by atoms with Crippen LogP contribution in [-0.4, -0.2) is 17.1 Å². The Balaban J connectivity index is 2.45. The van der Waals surface area contributed by atoms with E-state index < -0.39 is 0 Å². The SMILES string of the molecule is CCCCNC(=O)n1cccc1[O]. The van der Waals surface area contributed by atoms with Gasteiger partial charge in [0.2, 0.25) is 0 Å². The van der Waals surface area contributed by atoms with Crippen LogP contribution in [0.3, 0.4) is 0 Å². The third kappa shape index (κ3) is 2.50. The van der Waals surface area contributed by atoms with E-state index in [0.717, 1.165) is 17.4 Å². The predicted molar refractivity (Wildman–Crippen MR) is 48.3 cm³/mol. The van der Waals surface area contributed by atoms with Gasteiger partial charge in [-0.05, 0) is 12.5 Å². The molecule has 0 aromatic carbocycles. The van der Waals surface area contributed by atoms with Crippen molar-refractivity contribution in [2.45, 2.75) is 19.8 Å². The summed E-state index contributed by atoms with van der Waals surface area (Å²) in [5.41, 5.74) is 0. The first-order chi connectivity index (χ1) is 6.25. The van der Waals surface area contributed by atoms with Gasteiger partial charge in [-0.25, -0.2) is 9.36 Å². The van der Waals surface area contributed by atoms with Crippen molar-refractivity contribution in [3.8, 4) is 5.88 Å². The Kier molecular flexibility index (Phi) is 3.37. The molecule has 1 aromatic heterocycles. The normalized spacial score (nSPS) is 9.92. The highest BCUT2D eigenvalue weighted by atomic mass is 16.3. The largest absolute Gasteiger partial charge is 0.337 e. The third-order valence-electron chi connectivity index (χ3n) is 1.74. The summed E-state index contributed by atoms with van der Waals surface area (Å²) in [5, 5.41) is 13.6. The zero-order valence-electron chi connectivity index (χ0n) is 7.62. The number of unbranched alkanes of at least 4 members (excludes halogenated alkanes) is 1. The lowest BCUT2D eigenvalue weighted by Gasteiger charge is -2.04. The first-order valence-corrected chi connectivity index (χ1v) is 4.38. The lowest BCUT2D eigenvalue weighted by Crippen LogP contribution is -2.28. The molecule has 0 aliphatic carbocycles. The zero-order valence-corrected chi connectivity index (χ0v) is 7.62. The average Bonchev–Trinajstić information content (AvgIpc) is 2.52. The van der Waals surface area contributed by atoms with E-state index in [-0.39, 0.29) is 11.9 Å². The Labute approximate surface area is 77.2 Å². The quantitative estimate of drug-likeness (QED) is 0.712. The summed E-state index contributed by atoms with van der Waals surface area (Å²) in [7, 11) is 0. The van der Waals surface area contributed by atoms with Crippen LogP contribution in [0.5, 0.6) is 5.88 Å². The number of carbonyl (C=O) groups excluding carboxylic acids is 1. The Morgan fingerprint density at radius 2 is 2.38 bits per heavy atom. The van der Waals surface area contributed by atoms with E-state index in [1.807, 2.05) is 6.92 Å². The zero-order chi connectivity index (χ0) is 9.68. The summed E-state index contributed by atoms with van der Waals surface area (Å²) in [6.07, 6.45) is 3.42. The summed E-state index contributed by atoms with van der Waals surface area (Å²) in [6, 6.07) is 2.57. The molecular formula is C9H13N2O2. The standard InChI is InChI=1S/C9H13N2O2/c1-2-3-6-10-9(13)11-7-4-5-8(11)12/h4-5,7H,2-3,6H2,1H3,(H,10,13). The molecule has 0 aliphatic rings. The van der Waals surface area contributed by atoms with Gasteiger partial charge in [-0.1, -0.05) is 13.3 Å². The summed E-state index contributed by atoms with van der Waals surface area (Å²) in [6.45, 7) is 2.66. The maximum Gasteiger partial charge on any atom is 0.328 e. The summed E-state index contributed by atoms with van der Waals surface area (Å²) in [4.78, 5) is 11.3. The molecule has 1 amide bonds. The number of rotatable bonds is 3. The highest BCUT2D eigenvalue weighted by Gasteiger charge is 2.07. The minimum absolute atomic E-state index is 0.283. The smallest absolute Gasteiger partial charge is 0.328 e. The number of amides is 1. The second-order valence-electron chi connectivity index (χ2n) is 2.80. The molecular weight excluding hydrogens is 168 g/mol. The van der Waals surface area contributed by atoms with Crippen LogP contribution >= 0.6 is 0 Å². The van der Waals surface area contributed by atoms with Crippen LogP contribution in [0.4, 0.5) is 4.79 Å². The molecule has 13 heavy (non-hydrogen) atoms. The highest BCUT2D eigenvalue weighted by Crippen LogP contribution is 2.08. The van der Waals surface area contributed by atoms with Gasteiger partial charge < -0.3 is 5.32 Å². The molecule has 4 nitrogen and oxygen atoms in total. The van der Waals surface area contributed by atoms with Gasteiger partial charge in [0.15, 0.2) is 0 Å². The van der Waals surface area contributed by atoms with Crippen molar-refractivity contribution in [1.82, 2.24) is 9.88 Å². The monoisotopic (exact) mass is 181 g/mol. The van der Waals surface area contributed by atoms with E-state index in [9.17, 15) is 9.90 Å². The fourth-order valence-electron chi connectivity index (χ4n) is 0.990. The van der Waals surface area contributed by atoms with E-state index >= 15 is 0 Å². The first-order valence-electron chi connectivity index (χ1n) is 4.38. The van der Waals surface area contributed by atoms with Crippen molar-refractivity contribution in [1.29, 1.82) is 0 Å². The molecule has 71 valence electrons. The molecule has 1 aromatic rings. The van der Waals surface area contributed by atoms with E-state index in [1.54, 1.807) is 6.07 Å². The molecule has 0 atom stereocenters. The number of aromatic nitrogens is 1. The van der Waals surface area contributed by atoms with Crippen molar-refractivity contribution in [3.63, 3.8) is 0 Å². The Hall–Kier alpha value is -1.45. The van der Waals surface area contributed by atoms with Gasteiger partial charge in [-0.15, -0.1) is 0 Å². The molecule has 1 rings (SSSR count).